The maximum atomic E-state index is 12.0. The van der Waals surface area contributed by atoms with Gasteiger partial charge in [-0.15, -0.1) is 0 Å². The van der Waals surface area contributed by atoms with E-state index in [2.05, 4.69) is 21.2 Å². The van der Waals surface area contributed by atoms with Crippen molar-refractivity contribution in [3.8, 4) is 0 Å². The molecule has 1 aromatic carbocycles. The number of amides is 1. The second-order valence-corrected chi connectivity index (χ2v) is 6.07. The van der Waals surface area contributed by atoms with Gasteiger partial charge in [0.25, 0.3) is 5.91 Å². The number of benzene rings is 1. The van der Waals surface area contributed by atoms with E-state index >= 15 is 0 Å². The molecule has 5 heteroatoms. The van der Waals surface area contributed by atoms with Crippen LogP contribution in [0.1, 0.15) is 29.6 Å². The Labute approximate surface area is 120 Å². The summed E-state index contributed by atoms with van der Waals surface area (Å²) in [7, 11) is 0. The van der Waals surface area contributed by atoms with Gasteiger partial charge >= 0.3 is 0 Å². The zero-order valence-electron chi connectivity index (χ0n) is 9.88. The first-order valence-corrected chi connectivity index (χ1v) is 7.08. The second kappa shape index (κ2) is 5.59. The fourth-order valence-electron chi connectivity index (χ4n) is 1.97. The molecule has 2 N–H and O–H groups in total. The molecule has 3 nitrogen and oxygen atoms in total. The van der Waals surface area contributed by atoms with Crippen LogP contribution in [-0.2, 0) is 0 Å². The van der Waals surface area contributed by atoms with Crippen LogP contribution in [0.2, 0.25) is 5.02 Å². The number of hydrogen-bond acceptors (Lipinski definition) is 2. The van der Waals surface area contributed by atoms with Gasteiger partial charge in [0.1, 0.15) is 0 Å². The van der Waals surface area contributed by atoms with Crippen molar-refractivity contribution in [1.82, 2.24) is 5.32 Å². The van der Waals surface area contributed by atoms with Gasteiger partial charge in [-0.3, -0.25) is 4.79 Å². The number of nitrogens with one attached hydrogen (secondary N) is 1. The van der Waals surface area contributed by atoms with Crippen LogP contribution in [0.4, 0.5) is 0 Å². The molecule has 0 aromatic heterocycles. The summed E-state index contributed by atoms with van der Waals surface area (Å²) in [6.07, 6.45) is 2.92. The molecule has 18 heavy (non-hydrogen) atoms. The predicted octanol–water partition coefficient (Wildman–Crippen LogP) is 2.99. The molecule has 1 amide bonds. The first-order valence-electron chi connectivity index (χ1n) is 5.90. The summed E-state index contributed by atoms with van der Waals surface area (Å²) in [5, 5.41) is 12.5. The average molecular weight is 333 g/mol. The average Bonchev–Trinajstić information content (AvgIpc) is 3.07. The lowest BCUT2D eigenvalue weighted by atomic mass is 10.0. The van der Waals surface area contributed by atoms with E-state index in [-0.39, 0.29) is 17.9 Å². The van der Waals surface area contributed by atoms with Gasteiger partial charge in [0, 0.05) is 22.6 Å². The molecule has 0 unspecified atom stereocenters. The number of aliphatic hydroxyl groups is 1. The van der Waals surface area contributed by atoms with Crippen molar-refractivity contribution in [3.63, 3.8) is 0 Å². The normalized spacial score (nSPS) is 16.4. The van der Waals surface area contributed by atoms with Crippen LogP contribution >= 0.6 is 27.5 Å². The van der Waals surface area contributed by atoms with Crippen molar-refractivity contribution in [2.45, 2.75) is 19.3 Å². The number of hydrogen-bond donors (Lipinski definition) is 2. The smallest absolute Gasteiger partial charge is 0.252 e. The van der Waals surface area contributed by atoms with Gasteiger partial charge in [-0.05, 0) is 58.8 Å². The molecule has 0 atom stereocenters. The predicted molar refractivity (Wildman–Crippen MR) is 74.9 cm³/mol. The monoisotopic (exact) mass is 331 g/mol. The van der Waals surface area contributed by atoms with Gasteiger partial charge in [0.05, 0.1) is 5.56 Å². The van der Waals surface area contributed by atoms with E-state index in [0.29, 0.717) is 21.6 Å². The molecule has 0 bridgehead atoms. The van der Waals surface area contributed by atoms with E-state index in [0.717, 1.165) is 19.3 Å². The van der Waals surface area contributed by atoms with Crippen LogP contribution in [-0.4, -0.2) is 24.2 Å². The lowest BCUT2D eigenvalue weighted by molar-refractivity contribution is 0.0940. The standard InChI is InChI=1S/C13H15BrClNO2/c14-11-7-9(15)1-2-10(11)12(18)16-8-13(3-4-13)5-6-17/h1-2,7,17H,3-6,8H2,(H,16,18). The summed E-state index contributed by atoms with van der Waals surface area (Å²) in [6.45, 7) is 0.808. The van der Waals surface area contributed by atoms with E-state index in [1.807, 2.05) is 0 Å². The molecule has 1 aromatic rings. The first kappa shape index (κ1) is 13.8. The third-order valence-electron chi connectivity index (χ3n) is 3.40. The van der Waals surface area contributed by atoms with E-state index in [9.17, 15) is 4.79 Å². The lowest BCUT2D eigenvalue weighted by Gasteiger charge is -2.15. The highest BCUT2D eigenvalue weighted by molar-refractivity contribution is 9.10. The first-order chi connectivity index (χ1) is 8.56. The summed E-state index contributed by atoms with van der Waals surface area (Å²) in [5.74, 6) is -0.109. The number of carbonyl (C=O) groups excluding carboxylic acids is 1. The van der Waals surface area contributed by atoms with Crippen LogP contribution < -0.4 is 5.32 Å². The molecule has 0 saturated heterocycles. The minimum Gasteiger partial charge on any atom is -0.396 e. The minimum atomic E-state index is -0.109. The zero-order valence-corrected chi connectivity index (χ0v) is 12.2. The molecule has 98 valence electrons. The van der Waals surface area contributed by atoms with Crippen molar-refractivity contribution in [1.29, 1.82) is 0 Å². The quantitative estimate of drug-likeness (QED) is 0.871. The highest BCUT2D eigenvalue weighted by atomic mass is 79.9. The molecule has 1 fully saturated rings. The number of carbonyl (C=O) groups is 1. The largest absolute Gasteiger partial charge is 0.396 e. The minimum absolute atomic E-state index is 0.109. The number of halogens is 2. The Kier molecular flexibility index (Phi) is 4.30. The summed E-state index contributed by atoms with van der Waals surface area (Å²) in [6, 6.07) is 5.10. The van der Waals surface area contributed by atoms with E-state index in [1.165, 1.54) is 0 Å². The Morgan fingerprint density at radius 3 is 2.78 bits per heavy atom. The molecule has 0 heterocycles. The van der Waals surface area contributed by atoms with Crippen LogP contribution in [0.25, 0.3) is 0 Å². The topological polar surface area (TPSA) is 49.3 Å². The molecular formula is C13H15BrClNO2. The Balaban J connectivity index is 1.96. The zero-order chi connectivity index (χ0) is 13.2. The van der Waals surface area contributed by atoms with Crippen LogP contribution in [0.15, 0.2) is 22.7 Å². The molecule has 1 aliphatic carbocycles. The van der Waals surface area contributed by atoms with Gasteiger partial charge < -0.3 is 10.4 Å². The molecule has 2 rings (SSSR count). The number of rotatable bonds is 5. The lowest BCUT2D eigenvalue weighted by Crippen LogP contribution is -2.30. The van der Waals surface area contributed by atoms with E-state index in [4.69, 9.17) is 16.7 Å². The van der Waals surface area contributed by atoms with Gasteiger partial charge in [0.15, 0.2) is 0 Å². The van der Waals surface area contributed by atoms with Gasteiger partial charge in [-0.25, -0.2) is 0 Å². The van der Waals surface area contributed by atoms with Crippen molar-refractivity contribution < 1.29 is 9.90 Å². The van der Waals surface area contributed by atoms with Crippen molar-refractivity contribution in [3.05, 3.63) is 33.3 Å². The van der Waals surface area contributed by atoms with Crippen molar-refractivity contribution in [2.24, 2.45) is 5.41 Å². The van der Waals surface area contributed by atoms with E-state index < -0.39 is 0 Å². The van der Waals surface area contributed by atoms with Crippen molar-refractivity contribution in [2.75, 3.05) is 13.2 Å². The van der Waals surface area contributed by atoms with Gasteiger partial charge in [-0.1, -0.05) is 11.6 Å². The molecule has 1 saturated carbocycles. The highest BCUT2D eigenvalue weighted by Gasteiger charge is 2.41. The fraction of sp³-hybridized carbons (Fsp3) is 0.462. The van der Waals surface area contributed by atoms with Crippen LogP contribution in [0.5, 0.6) is 0 Å². The van der Waals surface area contributed by atoms with Gasteiger partial charge in [-0.2, -0.15) is 0 Å². The Hall–Kier alpha value is -0.580. The maximum absolute atomic E-state index is 12.0. The van der Waals surface area contributed by atoms with Gasteiger partial charge in [0.2, 0.25) is 0 Å². The maximum Gasteiger partial charge on any atom is 0.252 e. The van der Waals surface area contributed by atoms with Crippen LogP contribution in [0, 0.1) is 5.41 Å². The summed E-state index contributed by atoms with van der Waals surface area (Å²) in [5.41, 5.74) is 0.711. The Morgan fingerprint density at radius 1 is 1.50 bits per heavy atom. The second-order valence-electron chi connectivity index (χ2n) is 4.78. The third kappa shape index (κ3) is 3.25. The molecule has 0 aliphatic heterocycles. The number of aliphatic hydroxyl groups excluding tert-OH is 1. The SMILES string of the molecule is O=C(NCC1(CCO)CC1)c1ccc(Cl)cc1Br. The fourth-order valence-corrected chi connectivity index (χ4v) is 2.83. The summed E-state index contributed by atoms with van der Waals surface area (Å²) < 4.78 is 0.694. The van der Waals surface area contributed by atoms with Crippen LogP contribution in [0.3, 0.4) is 0 Å². The molecule has 1 aliphatic rings. The Bertz CT molecular complexity index is 460. The van der Waals surface area contributed by atoms with E-state index in [1.54, 1.807) is 18.2 Å². The Morgan fingerprint density at radius 2 is 2.22 bits per heavy atom. The molecular weight excluding hydrogens is 318 g/mol. The molecule has 0 spiro atoms. The third-order valence-corrected chi connectivity index (χ3v) is 4.29. The molecule has 0 radical (unpaired) electrons. The summed E-state index contributed by atoms with van der Waals surface area (Å²) in [4.78, 5) is 12.0. The summed E-state index contributed by atoms with van der Waals surface area (Å²) >= 11 is 9.16. The highest BCUT2D eigenvalue weighted by Crippen LogP contribution is 2.47. The van der Waals surface area contributed by atoms with Crippen molar-refractivity contribution >= 4 is 33.4 Å².